The zero-order valence-electron chi connectivity index (χ0n) is 30.8. The maximum absolute atomic E-state index is 15.4. The summed E-state index contributed by atoms with van der Waals surface area (Å²) in [7, 11) is 0. The molecule has 0 radical (unpaired) electrons. The molecule has 16 heteroatoms. The maximum atomic E-state index is 15.4. The minimum atomic E-state index is -2.80. The van der Waals surface area contributed by atoms with Gasteiger partial charge >= 0.3 is 18.6 Å². The molecule has 3 heterocycles. The highest BCUT2D eigenvalue weighted by Gasteiger charge is 2.54. The molecule has 6 rings (SSSR count). The number of ether oxygens (including phenoxy) is 2. The Morgan fingerprint density at radius 1 is 1.07 bits per heavy atom. The summed E-state index contributed by atoms with van der Waals surface area (Å²) in [6, 6.07) is 11.0. The number of halogens is 3. The van der Waals surface area contributed by atoms with Crippen molar-refractivity contribution in [1.29, 1.82) is 0 Å². The smallest absolute Gasteiger partial charge is 0.414 e. The minimum absolute atomic E-state index is 0.101. The van der Waals surface area contributed by atoms with E-state index in [0.29, 0.717) is 42.5 Å². The molecule has 2 amide bonds. The summed E-state index contributed by atoms with van der Waals surface area (Å²) in [4.78, 5) is 48.2. The van der Waals surface area contributed by atoms with Crippen LogP contribution in [0, 0.1) is 11.3 Å². The Kier molecular flexibility index (Phi) is 10.9. The van der Waals surface area contributed by atoms with Crippen LogP contribution in [0.2, 0.25) is 5.02 Å². The number of carbonyl (C=O) groups excluding carboxylic acids is 3. The Hall–Kier alpha value is -4.76. The number of esters is 1. The van der Waals surface area contributed by atoms with Crippen LogP contribution in [0.4, 0.5) is 13.6 Å². The molecular formula is C38H42ClF2N7O5S. The summed E-state index contributed by atoms with van der Waals surface area (Å²) in [6.45, 7) is 8.00. The Labute approximate surface area is 320 Å². The van der Waals surface area contributed by atoms with E-state index in [2.05, 4.69) is 20.6 Å². The number of hydrogen-bond donors (Lipinski definition) is 1. The zero-order chi connectivity index (χ0) is 39.0. The van der Waals surface area contributed by atoms with E-state index in [1.807, 2.05) is 20.8 Å². The van der Waals surface area contributed by atoms with E-state index in [1.165, 1.54) is 28.6 Å². The van der Waals surface area contributed by atoms with Gasteiger partial charge in [-0.3, -0.25) is 19.8 Å². The van der Waals surface area contributed by atoms with Crippen molar-refractivity contribution in [3.05, 3.63) is 76.5 Å². The second kappa shape index (κ2) is 15.2. The topological polar surface area (TPSA) is 141 Å². The third-order valence-electron chi connectivity index (χ3n) is 8.83. The molecule has 286 valence electrons. The third kappa shape index (κ3) is 8.95. The molecule has 0 bridgehead atoms. The molecule has 2 aliphatic rings. The fraction of sp³-hybridized carbons (Fsp3) is 0.447. The molecule has 1 fully saturated rings. The number of guanidine groups is 1. The monoisotopic (exact) mass is 781 g/mol. The molecule has 1 aliphatic carbocycles. The predicted octanol–water partition coefficient (Wildman–Crippen LogP) is 8.56. The van der Waals surface area contributed by atoms with Crippen LogP contribution in [0.3, 0.4) is 0 Å². The molecule has 1 saturated carbocycles. The summed E-state index contributed by atoms with van der Waals surface area (Å²) in [6.07, 6.45) is 4.09. The SMILES string of the molecule is CC(C)(C)C[C@]1(c2ccc(-c3cnn(C(F)F)c3)cc2)N=C(NC(=O)OC(C)(C)C)N([C@H](COC(=O)CC2CC2)c2ccc(Cl)c(-c3nncs3)c2)C1=O. The average molecular weight is 782 g/mol. The molecule has 0 spiro atoms. The maximum Gasteiger partial charge on any atom is 0.414 e. The number of carbonyl (C=O) groups is 3. The van der Waals surface area contributed by atoms with Crippen molar-refractivity contribution in [3.63, 3.8) is 0 Å². The number of benzene rings is 2. The van der Waals surface area contributed by atoms with Gasteiger partial charge in [0.15, 0.2) is 5.54 Å². The van der Waals surface area contributed by atoms with Gasteiger partial charge in [-0.1, -0.05) is 74.0 Å². The molecule has 4 aromatic rings. The van der Waals surface area contributed by atoms with E-state index < -0.39 is 47.1 Å². The molecule has 2 aromatic heterocycles. The van der Waals surface area contributed by atoms with Crippen LogP contribution in [0.1, 0.15) is 90.9 Å². The fourth-order valence-electron chi connectivity index (χ4n) is 6.37. The van der Waals surface area contributed by atoms with Crippen molar-refractivity contribution in [3.8, 4) is 21.7 Å². The number of alkyl halides is 2. The molecular weight excluding hydrogens is 740 g/mol. The first-order valence-electron chi connectivity index (χ1n) is 17.5. The van der Waals surface area contributed by atoms with Crippen molar-refractivity contribution in [2.24, 2.45) is 16.3 Å². The molecule has 54 heavy (non-hydrogen) atoms. The molecule has 1 aliphatic heterocycles. The molecule has 2 atom stereocenters. The molecule has 0 unspecified atom stereocenters. The Morgan fingerprint density at radius 2 is 1.80 bits per heavy atom. The van der Waals surface area contributed by atoms with E-state index >= 15 is 4.79 Å². The van der Waals surface area contributed by atoms with Crippen molar-refractivity contribution >= 4 is 46.9 Å². The number of hydrogen-bond acceptors (Lipinski definition) is 10. The highest BCUT2D eigenvalue weighted by atomic mass is 35.5. The van der Waals surface area contributed by atoms with Crippen LogP contribution in [0.5, 0.6) is 0 Å². The summed E-state index contributed by atoms with van der Waals surface area (Å²) in [5.74, 6) is -0.728. The Morgan fingerprint density at radius 3 is 2.39 bits per heavy atom. The van der Waals surface area contributed by atoms with Gasteiger partial charge in [0.2, 0.25) is 5.96 Å². The van der Waals surface area contributed by atoms with Crippen molar-refractivity contribution in [2.75, 3.05) is 6.61 Å². The first kappa shape index (κ1) is 38.9. The van der Waals surface area contributed by atoms with Crippen LogP contribution in [0.15, 0.2) is 65.4 Å². The zero-order valence-corrected chi connectivity index (χ0v) is 32.4. The minimum Gasteiger partial charge on any atom is -0.463 e. The van der Waals surface area contributed by atoms with E-state index in [0.717, 1.165) is 12.8 Å². The van der Waals surface area contributed by atoms with E-state index in [-0.39, 0.29) is 31.3 Å². The number of nitrogens with one attached hydrogen (secondary N) is 1. The van der Waals surface area contributed by atoms with Crippen LogP contribution in [-0.2, 0) is 24.6 Å². The van der Waals surface area contributed by atoms with Gasteiger partial charge in [-0.15, -0.1) is 10.2 Å². The van der Waals surface area contributed by atoms with E-state index in [9.17, 15) is 18.4 Å². The lowest BCUT2D eigenvalue weighted by molar-refractivity contribution is -0.148. The van der Waals surface area contributed by atoms with Crippen molar-refractivity contribution in [2.45, 2.75) is 91.0 Å². The highest BCUT2D eigenvalue weighted by Crippen LogP contribution is 2.46. The number of aliphatic imine (C=N–C) groups is 1. The first-order chi connectivity index (χ1) is 25.4. The van der Waals surface area contributed by atoms with E-state index in [1.54, 1.807) is 68.7 Å². The summed E-state index contributed by atoms with van der Waals surface area (Å²) < 4.78 is 38.6. The second-order valence-corrected chi connectivity index (χ2v) is 17.0. The van der Waals surface area contributed by atoms with Gasteiger partial charge in [0, 0.05) is 23.7 Å². The molecule has 12 nitrogen and oxygen atoms in total. The second-order valence-electron chi connectivity index (χ2n) is 15.7. The lowest BCUT2D eigenvalue weighted by atomic mass is 9.75. The van der Waals surface area contributed by atoms with Crippen LogP contribution >= 0.6 is 22.9 Å². The number of aromatic nitrogens is 4. The van der Waals surface area contributed by atoms with Crippen molar-refractivity contribution < 1.29 is 32.6 Å². The van der Waals surface area contributed by atoms with Gasteiger partial charge in [-0.05, 0) is 80.2 Å². The predicted molar refractivity (Wildman–Crippen MR) is 200 cm³/mol. The largest absolute Gasteiger partial charge is 0.463 e. The summed E-state index contributed by atoms with van der Waals surface area (Å²) >= 11 is 7.92. The normalized spacial score (nSPS) is 18.1. The number of amides is 2. The molecule has 1 N–H and O–H groups in total. The third-order valence-corrected chi connectivity index (χ3v) is 9.88. The van der Waals surface area contributed by atoms with Crippen molar-refractivity contribution in [1.82, 2.24) is 30.2 Å². The summed E-state index contributed by atoms with van der Waals surface area (Å²) in [5, 5.41) is 15.6. The van der Waals surface area contributed by atoms with Gasteiger partial charge in [-0.25, -0.2) is 14.5 Å². The first-order valence-corrected chi connectivity index (χ1v) is 18.8. The van der Waals surface area contributed by atoms with Gasteiger partial charge < -0.3 is 9.47 Å². The summed E-state index contributed by atoms with van der Waals surface area (Å²) in [5.41, 5.74) is 1.28. The Balaban J connectivity index is 1.48. The Bertz CT molecular complexity index is 2040. The number of nitrogens with zero attached hydrogens (tertiary/aromatic N) is 6. The lowest BCUT2D eigenvalue weighted by Gasteiger charge is -2.35. The molecule has 2 aromatic carbocycles. The van der Waals surface area contributed by atoms with Gasteiger partial charge in [0.1, 0.15) is 22.7 Å². The van der Waals surface area contributed by atoms with Crippen LogP contribution in [-0.4, -0.2) is 61.0 Å². The number of rotatable bonds is 11. The van der Waals surface area contributed by atoms with Gasteiger partial charge in [0.25, 0.3) is 5.91 Å². The van der Waals surface area contributed by atoms with Crippen LogP contribution in [0.25, 0.3) is 21.7 Å². The van der Waals surface area contributed by atoms with Gasteiger partial charge in [0.05, 0.1) is 17.3 Å². The lowest BCUT2D eigenvalue weighted by Crippen LogP contribution is -2.50. The standard InChI is InChI=1S/C38H42ClF2N7O5S/c1-36(2,3)20-38(26-12-9-23(10-13-26)25-17-43-47(18-25)33(40)41)32(50)48(34(45-38)44-35(51)53-37(4,5)6)29(19-52-30(49)15-22-7-8-22)24-11-14-28(39)27(16-24)31-46-42-21-54-31/h9-14,16-18,21-22,29,33H,7-8,15,19-20H2,1-6H3,(H,44,45,51)/t29-,38-/m1/s1. The molecule has 0 saturated heterocycles. The quantitative estimate of drug-likeness (QED) is 0.149. The average Bonchev–Trinajstić information content (AvgIpc) is 3.43. The van der Waals surface area contributed by atoms with Crippen LogP contribution < -0.4 is 5.32 Å². The van der Waals surface area contributed by atoms with Gasteiger partial charge in [-0.2, -0.15) is 13.9 Å². The highest BCUT2D eigenvalue weighted by molar-refractivity contribution is 7.12. The fourth-order valence-corrected chi connectivity index (χ4v) is 7.22. The van der Waals surface area contributed by atoms with E-state index in [4.69, 9.17) is 26.1 Å². The number of alkyl carbamates (subject to hydrolysis) is 1.